The number of methoxy groups -OCH3 is 1. The summed E-state index contributed by atoms with van der Waals surface area (Å²) in [6, 6.07) is -0.338. The number of hydrogen-bond donors (Lipinski definition) is 1. The number of carbonyl (C=O) groups is 1. The fourth-order valence-corrected chi connectivity index (χ4v) is 1.45. The highest BCUT2D eigenvalue weighted by molar-refractivity contribution is 5.81. The third kappa shape index (κ3) is 1.95. The Morgan fingerprint density at radius 1 is 1.58 bits per heavy atom. The van der Waals surface area contributed by atoms with Gasteiger partial charge in [-0.2, -0.15) is 0 Å². The van der Waals surface area contributed by atoms with Crippen molar-refractivity contribution in [3.05, 3.63) is 0 Å². The van der Waals surface area contributed by atoms with Gasteiger partial charge in [0.2, 0.25) is 5.91 Å². The lowest BCUT2D eigenvalue weighted by Crippen LogP contribution is -2.41. The lowest BCUT2D eigenvalue weighted by molar-refractivity contribution is -0.131. The molecule has 2 N–H and O–H groups in total. The Morgan fingerprint density at radius 3 is 2.83 bits per heavy atom. The van der Waals surface area contributed by atoms with E-state index in [1.807, 2.05) is 0 Å². The normalized spacial score (nSPS) is 31.9. The van der Waals surface area contributed by atoms with E-state index in [2.05, 4.69) is 0 Å². The number of carbonyl (C=O) groups excluding carboxylic acids is 1. The van der Waals surface area contributed by atoms with Gasteiger partial charge in [-0.3, -0.25) is 4.79 Å². The lowest BCUT2D eigenvalue weighted by atomic mass is 10.1. The molecule has 0 aliphatic carbocycles. The van der Waals surface area contributed by atoms with Crippen molar-refractivity contribution in [2.75, 3.05) is 20.7 Å². The summed E-state index contributed by atoms with van der Waals surface area (Å²) in [5, 5.41) is 0. The molecule has 2 atom stereocenters. The van der Waals surface area contributed by atoms with E-state index in [4.69, 9.17) is 10.5 Å². The van der Waals surface area contributed by atoms with Gasteiger partial charge in [-0.15, -0.1) is 0 Å². The van der Waals surface area contributed by atoms with Crippen LogP contribution in [-0.4, -0.2) is 43.7 Å². The molecule has 0 aromatic carbocycles. The molecule has 1 saturated heterocycles. The quantitative estimate of drug-likeness (QED) is 0.584. The van der Waals surface area contributed by atoms with Gasteiger partial charge >= 0.3 is 0 Å². The predicted molar refractivity (Wildman–Crippen MR) is 45.6 cm³/mol. The Hall–Kier alpha value is -0.610. The number of nitrogens with two attached hydrogens (primary N) is 1. The van der Waals surface area contributed by atoms with E-state index in [1.54, 1.807) is 19.1 Å². The molecule has 0 spiro atoms. The van der Waals surface area contributed by atoms with E-state index in [-0.39, 0.29) is 18.1 Å². The summed E-state index contributed by atoms with van der Waals surface area (Å²) in [5.41, 5.74) is 5.64. The number of ether oxygens (including phenoxy) is 1. The molecule has 12 heavy (non-hydrogen) atoms. The van der Waals surface area contributed by atoms with Crippen molar-refractivity contribution < 1.29 is 9.53 Å². The van der Waals surface area contributed by atoms with Gasteiger partial charge in [0.05, 0.1) is 12.1 Å². The van der Waals surface area contributed by atoms with Crippen molar-refractivity contribution in [3.8, 4) is 0 Å². The first-order valence-electron chi connectivity index (χ1n) is 4.18. The molecule has 1 aliphatic heterocycles. The van der Waals surface area contributed by atoms with Crippen molar-refractivity contribution in [3.63, 3.8) is 0 Å². The minimum atomic E-state index is -0.338. The Balaban J connectivity index is 2.59. The second-order valence-corrected chi connectivity index (χ2v) is 3.26. The summed E-state index contributed by atoms with van der Waals surface area (Å²) in [5.74, 6) is 0.0227. The van der Waals surface area contributed by atoms with E-state index in [9.17, 15) is 4.79 Å². The number of nitrogens with zero attached hydrogens (tertiary/aromatic N) is 1. The molecule has 1 heterocycles. The van der Waals surface area contributed by atoms with Gasteiger partial charge in [-0.1, -0.05) is 0 Å². The van der Waals surface area contributed by atoms with Crippen LogP contribution in [0.4, 0.5) is 0 Å². The third-order valence-corrected chi connectivity index (χ3v) is 2.30. The number of rotatable bonds is 1. The molecular weight excluding hydrogens is 156 g/mol. The Labute approximate surface area is 72.7 Å². The zero-order valence-corrected chi connectivity index (χ0v) is 7.62. The van der Waals surface area contributed by atoms with Gasteiger partial charge in [0, 0.05) is 20.7 Å². The first kappa shape index (κ1) is 9.48. The van der Waals surface area contributed by atoms with Crippen LogP contribution in [0.5, 0.6) is 0 Å². The standard InChI is InChI=1S/C8H16N2O2/c1-10-5-6(12-2)3-4-7(9)8(10)11/h6-7H,3-5,9H2,1-2H3. The van der Waals surface area contributed by atoms with Crippen molar-refractivity contribution in [2.45, 2.75) is 25.0 Å². The molecule has 1 aliphatic rings. The summed E-state index contributed by atoms with van der Waals surface area (Å²) in [6.45, 7) is 0.656. The van der Waals surface area contributed by atoms with E-state index < -0.39 is 0 Å². The second-order valence-electron chi connectivity index (χ2n) is 3.26. The zero-order chi connectivity index (χ0) is 9.14. The number of likely N-dealkylation sites (tertiary alicyclic amines) is 1. The molecular formula is C8H16N2O2. The van der Waals surface area contributed by atoms with Gasteiger partial charge in [0.15, 0.2) is 0 Å². The fourth-order valence-electron chi connectivity index (χ4n) is 1.45. The fraction of sp³-hybridized carbons (Fsp3) is 0.875. The summed E-state index contributed by atoms with van der Waals surface area (Å²) in [7, 11) is 3.43. The molecule has 4 nitrogen and oxygen atoms in total. The van der Waals surface area contributed by atoms with E-state index in [1.165, 1.54) is 0 Å². The molecule has 0 radical (unpaired) electrons. The molecule has 1 rings (SSSR count). The lowest BCUT2D eigenvalue weighted by Gasteiger charge is -2.19. The van der Waals surface area contributed by atoms with Crippen LogP contribution >= 0.6 is 0 Å². The van der Waals surface area contributed by atoms with Crippen LogP contribution in [0.25, 0.3) is 0 Å². The van der Waals surface area contributed by atoms with Crippen LogP contribution in [0.1, 0.15) is 12.8 Å². The first-order chi connectivity index (χ1) is 5.65. The molecule has 4 heteroatoms. The minimum Gasteiger partial charge on any atom is -0.380 e. The Kier molecular flexibility index (Phi) is 3.05. The summed E-state index contributed by atoms with van der Waals surface area (Å²) in [6.07, 6.45) is 1.74. The number of amides is 1. The van der Waals surface area contributed by atoms with Crippen LogP contribution in [0.2, 0.25) is 0 Å². The first-order valence-corrected chi connectivity index (χ1v) is 4.18. The molecule has 0 saturated carbocycles. The maximum absolute atomic E-state index is 11.4. The summed E-state index contributed by atoms with van der Waals surface area (Å²) >= 11 is 0. The van der Waals surface area contributed by atoms with Crippen molar-refractivity contribution >= 4 is 5.91 Å². The highest BCUT2D eigenvalue weighted by atomic mass is 16.5. The van der Waals surface area contributed by atoms with Gasteiger partial charge in [0.25, 0.3) is 0 Å². The molecule has 1 amide bonds. The molecule has 70 valence electrons. The molecule has 1 fully saturated rings. The summed E-state index contributed by atoms with van der Waals surface area (Å²) in [4.78, 5) is 13.0. The Morgan fingerprint density at radius 2 is 2.25 bits per heavy atom. The topological polar surface area (TPSA) is 55.6 Å². The van der Waals surface area contributed by atoms with Crippen LogP contribution in [0.15, 0.2) is 0 Å². The maximum atomic E-state index is 11.4. The zero-order valence-electron chi connectivity index (χ0n) is 7.62. The maximum Gasteiger partial charge on any atom is 0.239 e. The summed E-state index contributed by atoms with van der Waals surface area (Å²) < 4.78 is 5.19. The van der Waals surface area contributed by atoms with Crippen LogP contribution in [0, 0.1) is 0 Å². The smallest absolute Gasteiger partial charge is 0.239 e. The third-order valence-electron chi connectivity index (χ3n) is 2.30. The predicted octanol–water partition coefficient (Wildman–Crippen LogP) is -0.419. The van der Waals surface area contributed by atoms with Gasteiger partial charge in [0.1, 0.15) is 0 Å². The van der Waals surface area contributed by atoms with Gasteiger partial charge < -0.3 is 15.4 Å². The molecule has 2 unspecified atom stereocenters. The number of hydrogen-bond acceptors (Lipinski definition) is 3. The molecule has 0 bridgehead atoms. The van der Waals surface area contributed by atoms with E-state index in [0.29, 0.717) is 6.54 Å². The van der Waals surface area contributed by atoms with Crippen molar-refractivity contribution in [1.82, 2.24) is 4.90 Å². The van der Waals surface area contributed by atoms with E-state index in [0.717, 1.165) is 12.8 Å². The average Bonchev–Trinajstić information content (AvgIpc) is 2.19. The van der Waals surface area contributed by atoms with Crippen molar-refractivity contribution in [1.29, 1.82) is 0 Å². The van der Waals surface area contributed by atoms with Gasteiger partial charge in [-0.05, 0) is 12.8 Å². The average molecular weight is 172 g/mol. The van der Waals surface area contributed by atoms with Gasteiger partial charge in [-0.25, -0.2) is 0 Å². The monoisotopic (exact) mass is 172 g/mol. The highest BCUT2D eigenvalue weighted by Gasteiger charge is 2.25. The molecule has 0 aromatic rings. The highest BCUT2D eigenvalue weighted by Crippen LogP contribution is 2.11. The van der Waals surface area contributed by atoms with Crippen LogP contribution < -0.4 is 5.73 Å². The molecule has 0 aromatic heterocycles. The van der Waals surface area contributed by atoms with Crippen LogP contribution in [0.3, 0.4) is 0 Å². The number of likely N-dealkylation sites (N-methyl/N-ethyl adjacent to an activating group) is 1. The minimum absolute atomic E-state index is 0.0227. The van der Waals surface area contributed by atoms with Crippen LogP contribution in [-0.2, 0) is 9.53 Å². The second kappa shape index (κ2) is 3.87. The SMILES string of the molecule is COC1CCC(N)C(=O)N(C)C1. The van der Waals surface area contributed by atoms with Crippen molar-refractivity contribution in [2.24, 2.45) is 5.73 Å². The Bertz CT molecular complexity index is 172. The largest absolute Gasteiger partial charge is 0.380 e. The van der Waals surface area contributed by atoms with E-state index >= 15 is 0 Å².